The van der Waals surface area contributed by atoms with E-state index in [-0.39, 0.29) is 0 Å². The molecular weight excluding hydrogens is 330 g/mol. The van der Waals surface area contributed by atoms with Gasteiger partial charge in [0.2, 0.25) is 0 Å². The lowest BCUT2D eigenvalue weighted by Crippen LogP contribution is -2.31. The SMILES string of the molecule is Cc1nn(S(=O)(=O)N(C)C)c(CCCCl)c1Br. The van der Waals surface area contributed by atoms with Crippen LogP contribution in [0, 0.1) is 6.92 Å². The van der Waals surface area contributed by atoms with Crippen LogP contribution in [0.5, 0.6) is 0 Å². The summed E-state index contributed by atoms with van der Waals surface area (Å²) in [5.41, 5.74) is 1.29. The Bertz CT molecular complexity index is 499. The predicted molar refractivity (Wildman–Crippen MR) is 71.7 cm³/mol. The van der Waals surface area contributed by atoms with Gasteiger partial charge in [0.15, 0.2) is 0 Å². The third-order valence-corrected chi connectivity index (χ3v) is 5.23. The number of halogens is 2. The zero-order valence-corrected chi connectivity index (χ0v) is 13.1. The topological polar surface area (TPSA) is 55.2 Å². The molecule has 0 atom stereocenters. The summed E-state index contributed by atoms with van der Waals surface area (Å²) in [5, 5.41) is 4.05. The van der Waals surface area contributed by atoms with Gasteiger partial charge in [0.05, 0.1) is 15.9 Å². The number of alkyl halides is 1. The number of nitrogens with zero attached hydrogens (tertiary/aromatic N) is 3. The molecule has 0 aromatic carbocycles. The summed E-state index contributed by atoms with van der Waals surface area (Å²) in [6.45, 7) is 1.76. The van der Waals surface area contributed by atoms with E-state index in [1.165, 1.54) is 14.1 Å². The summed E-state index contributed by atoms with van der Waals surface area (Å²) >= 11 is 9.00. The molecule has 0 N–H and O–H groups in total. The van der Waals surface area contributed by atoms with Crippen molar-refractivity contribution in [3.05, 3.63) is 15.9 Å². The van der Waals surface area contributed by atoms with Gasteiger partial charge in [0.1, 0.15) is 0 Å². The molecule has 1 rings (SSSR count). The molecule has 0 unspecified atom stereocenters. The second-order valence-electron chi connectivity index (χ2n) is 3.77. The summed E-state index contributed by atoms with van der Waals surface area (Å²) in [7, 11) is -0.618. The van der Waals surface area contributed by atoms with E-state index in [4.69, 9.17) is 11.6 Å². The summed E-state index contributed by atoms with van der Waals surface area (Å²) < 4.78 is 27.0. The molecule has 0 saturated carbocycles. The highest BCUT2D eigenvalue weighted by atomic mass is 79.9. The van der Waals surface area contributed by atoms with E-state index in [2.05, 4.69) is 21.0 Å². The van der Waals surface area contributed by atoms with E-state index >= 15 is 0 Å². The third-order valence-electron chi connectivity index (χ3n) is 2.27. The fraction of sp³-hybridized carbons (Fsp3) is 0.667. The largest absolute Gasteiger partial charge is 0.322 e. The van der Waals surface area contributed by atoms with Crippen LogP contribution in [-0.4, -0.2) is 41.9 Å². The number of aromatic nitrogens is 2. The van der Waals surface area contributed by atoms with Crippen LogP contribution in [0.15, 0.2) is 4.47 Å². The second-order valence-corrected chi connectivity index (χ2v) is 6.91. The van der Waals surface area contributed by atoms with Gasteiger partial charge < -0.3 is 0 Å². The van der Waals surface area contributed by atoms with Crippen LogP contribution < -0.4 is 0 Å². The van der Waals surface area contributed by atoms with Crippen molar-refractivity contribution >= 4 is 37.7 Å². The average molecular weight is 345 g/mol. The Morgan fingerprint density at radius 2 is 2.06 bits per heavy atom. The molecule has 0 aliphatic rings. The van der Waals surface area contributed by atoms with Crippen molar-refractivity contribution in [3.63, 3.8) is 0 Å². The molecule has 1 aromatic rings. The van der Waals surface area contributed by atoms with Crippen molar-refractivity contribution in [2.24, 2.45) is 0 Å². The van der Waals surface area contributed by atoms with E-state index in [0.29, 0.717) is 30.1 Å². The van der Waals surface area contributed by atoms with Crippen LogP contribution in [-0.2, 0) is 16.6 Å². The van der Waals surface area contributed by atoms with Gasteiger partial charge in [0.25, 0.3) is 0 Å². The van der Waals surface area contributed by atoms with E-state index < -0.39 is 10.2 Å². The van der Waals surface area contributed by atoms with Crippen LogP contribution in [0.1, 0.15) is 17.8 Å². The highest BCUT2D eigenvalue weighted by Crippen LogP contribution is 2.24. The number of hydrogen-bond acceptors (Lipinski definition) is 3. The molecule has 0 saturated heterocycles. The summed E-state index contributed by atoms with van der Waals surface area (Å²) in [5.74, 6) is 0.485. The molecule has 17 heavy (non-hydrogen) atoms. The van der Waals surface area contributed by atoms with Gasteiger partial charge in [-0.05, 0) is 35.7 Å². The Morgan fingerprint density at radius 1 is 1.47 bits per heavy atom. The Balaban J connectivity index is 3.29. The van der Waals surface area contributed by atoms with Crippen LogP contribution in [0.3, 0.4) is 0 Å². The fourth-order valence-corrected chi connectivity index (χ4v) is 3.01. The summed E-state index contributed by atoms with van der Waals surface area (Å²) in [6, 6.07) is 0. The molecule has 0 aliphatic carbocycles. The molecule has 1 heterocycles. The Labute approximate surface area is 115 Å². The minimum atomic E-state index is -3.57. The molecule has 98 valence electrons. The molecule has 0 spiro atoms. The van der Waals surface area contributed by atoms with E-state index in [0.717, 1.165) is 12.9 Å². The Kier molecular flexibility index (Phi) is 5.00. The quantitative estimate of drug-likeness (QED) is 0.765. The third kappa shape index (κ3) is 3.01. The van der Waals surface area contributed by atoms with Gasteiger partial charge in [-0.2, -0.15) is 17.8 Å². The zero-order valence-electron chi connectivity index (χ0n) is 9.94. The molecule has 0 amide bonds. The molecule has 0 fully saturated rings. The highest BCUT2D eigenvalue weighted by Gasteiger charge is 2.24. The normalized spacial score (nSPS) is 12.4. The van der Waals surface area contributed by atoms with Crippen LogP contribution in [0.2, 0.25) is 0 Å². The van der Waals surface area contributed by atoms with Gasteiger partial charge in [-0.25, -0.2) is 0 Å². The Hall–Kier alpha value is -0.110. The average Bonchev–Trinajstić information content (AvgIpc) is 2.53. The van der Waals surface area contributed by atoms with E-state index in [1.54, 1.807) is 6.92 Å². The molecule has 0 aliphatic heterocycles. The number of hydrogen-bond donors (Lipinski definition) is 0. The molecule has 0 radical (unpaired) electrons. The van der Waals surface area contributed by atoms with Crippen molar-refractivity contribution in [2.75, 3.05) is 20.0 Å². The van der Waals surface area contributed by atoms with Crippen molar-refractivity contribution in [2.45, 2.75) is 19.8 Å². The molecule has 1 aromatic heterocycles. The van der Waals surface area contributed by atoms with Crippen LogP contribution >= 0.6 is 27.5 Å². The lowest BCUT2D eigenvalue weighted by molar-refractivity contribution is 0.500. The predicted octanol–water partition coefficient (Wildman–Crippen LogP) is 1.78. The van der Waals surface area contributed by atoms with Crippen LogP contribution in [0.25, 0.3) is 0 Å². The van der Waals surface area contributed by atoms with Crippen molar-refractivity contribution < 1.29 is 8.42 Å². The number of aryl methyl sites for hydroxylation is 1. The molecular formula is C9H15BrClN3O2S. The second kappa shape index (κ2) is 5.69. The van der Waals surface area contributed by atoms with Crippen molar-refractivity contribution in [1.82, 2.24) is 13.5 Å². The van der Waals surface area contributed by atoms with E-state index in [9.17, 15) is 8.42 Å². The zero-order chi connectivity index (χ0) is 13.2. The Morgan fingerprint density at radius 3 is 2.53 bits per heavy atom. The smallest absolute Gasteiger partial charge is 0.189 e. The first-order valence-corrected chi connectivity index (χ1v) is 7.77. The van der Waals surface area contributed by atoms with E-state index in [1.807, 2.05) is 0 Å². The van der Waals surface area contributed by atoms with Crippen molar-refractivity contribution in [3.8, 4) is 0 Å². The van der Waals surface area contributed by atoms with Gasteiger partial charge >= 0.3 is 10.2 Å². The standard InChI is InChI=1S/C9H15BrClN3O2S/c1-7-9(10)8(5-4-6-11)14(12-7)17(15,16)13(2)3/h4-6H2,1-3H3. The van der Waals surface area contributed by atoms with Gasteiger partial charge in [0, 0.05) is 20.0 Å². The maximum Gasteiger partial charge on any atom is 0.322 e. The lowest BCUT2D eigenvalue weighted by Gasteiger charge is -2.13. The minimum absolute atomic E-state index is 0.485. The lowest BCUT2D eigenvalue weighted by atomic mass is 10.2. The first-order chi connectivity index (χ1) is 7.82. The number of rotatable bonds is 5. The van der Waals surface area contributed by atoms with Gasteiger partial charge in [-0.1, -0.05) is 0 Å². The first-order valence-electron chi connectivity index (χ1n) is 5.05. The first kappa shape index (κ1) is 14.9. The van der Waals surface area contributed by atoms with Gasteiger partial charge in [-0.15, -0.1) is 15.7 Å². The fourth-order valence-electron chi connectivity index (χ4n) is 1.32. The molecule has 8 heteroatoms. The van der Waals surface area contributed by atoms with Gasteiger partial charge in [-0.3, -0.25) is 0 Å². The minimum Gasteiger partial charge on any atom is -0.189 e. The summed E-state index contributed by atoms with van der Waals surface area (Å²) in [6.07, 6.45) is 1.27. The monoisotopic (exact) mass is 343 g/mol. The van der Waals surface area contributed by atoms with Crippen LogP contribution in [0.4, 0.5) is 0 Å². The highest BCUT2D eigenvalue weighted by molar-refractivity contribution is 9.10. The maximum atomic E-state index is 12.1. The maximum absolute atomic E-state index is 12.1. The van der Waals surface area contributed by atoms with Crippen molar-refractivity contribution in [1.29, 1.82) is 0 Å². The summed E-state index contributed by atoms with van der Waals surface area (Å²) in [4.78, 5) is 0. The molecule has 0 bridgehead atoms. The molecule has 5 nitrogen and oxygen atoms in total.